The highest BCUT2D eigenvalue weighted by Gasteiger charge is 2.16. The molecular formula is C12H22N4O. The van der Waals surface area contributed by atoms with Gasteiger partial charge >= 0.3 is 0 Å². The molecule has 0 aliphatic carbocycles. The van der Waals surface area contributed by atoms with Crippen LogP contribution in [0.15, 0.2) is 12.4 Å². The summed E-state index contributed by atoms with van der Waals surface area (Å²) in [5.41, 5.74) is 5.84. The lowest BCUT2D eigenvalue weighted by molar-refractivity contribution is -0.122. The van der Waals surface area contributed by atoms with Gasteiger partial charge in [0.2, 0.25) is 5.91 Å². The second-order valence-electron chi connectivity index (χ2n) is 4.26. The van der Waals surface area contributed by atoms with Gasteiger partial charge in [-0.15, -0.1) is 0 Å². The molecule has 0 spiro atoms. The molecule has 0 aromatic carbocycles. The molecule has 0 radical (unpaired) electrons. The summed E-state index contributed by atoms with van der Waals surface area (Å²) < 4.78 is 0. The lowest BCUT2D eigenvalue weighted by Crippen LogP contribution is -2.34. The molecule has 17 heavy (non-hydrogen) atoms. The smallest absolute Gasteiger partial charge is 0.222 e. The van der Waals surface area contributed by atoms with Crippen LogP contribution in [0.3, 0.4) is 0 Å². The number of hydrogen-bond donors (Lipinski definition) is 3. The molecule has 0 saturated heterocycles. The first-order valence-electron chi connectivity index (χ1n) is 6.21. The van der Waals surface area contributed by atoms with Gasteiger partial charge in [0.1, 0.15) is 5.82 Å². The molecule has 0 bridgehead atoms. The van der Waals surface area contributed by atoms with Crippen molar-refractivity contribution in [3.63, 3.8) is 0 Å². The molecule has 96 valence electrons. The fourth-order valence-corrected chi connectivity index (χ4v) is 1.80. The van der Waals surface area contributed by atoms with E-state index in [-0.39, 0.29) is 18.0 Å². The second-order valence-corrected chi connectivity index (χ2v) is 4.26. The van der Waals surface area contributed by atoms with Gasteiger partial charge in [-0.2, -0.15) is 0 Å². The summed E-state index contributed by atoms with van der Waals surface area (Å²) in [5.74, 6) is 0.791. The number of carbonyl (C=O) groups is 1. The summed E-state index contributed by atoms with van der Waals surface area (Å²) >= 11 is 0. The largest absolute Gasteiger partial charge is 0.347 e. The van der Waals surface area contributed by atoms with Crippen LogP contribution in [0.1, 0.15) is 51.4 Å². The van der Waals surface area contributed by atoms with Gasteiger partial charge in [0.25, 0.3) is 0 Å². The molecule has 0 aliphatic rings. The molecule has 5 nitrogen and oxygen atoms in total. The number of nitrogens with one attached hydrogen (secondary N) is 2. The maximum atomic E-state index is 11.8. The van der Waals surface area contributed by atoms with Crippen molar-refractivity contribution in [3.8, 4) is 0 Å². The predicted octanol–water partition coefficient (Wildman–Crippen LogP) is 1.49. The van der Waals surface area contributed by atoms with Crippen LogP contribution in [0.2, 0.25) is 0 Å². The van der Waals surface area contributed by atoms with Crippen LogP contribution in [-0.2, 0) is 4.79 Å². The minimum Gasteiger partial charge on any atom is -0.347 e. The summed E-state index contributed by atoms with van der Waals surface area (Å²) in [4.78, 5) is 18.9. The number of nitrogens with two attached hydrogens (primary N) is 1. The zero-order chi connectivity index (χ0) is 12.7. The molecule has 5 heteroatoms. The van der Waals surface area contributed by atoms with Gasteiger partial charge in [-0.3, -0.25) is 4.79 Å². The maximum Gasteiger partial charge on any atom is 0.222 e. The Morgan fingerprint density at radius 2 is 2.35 bits per heavy atom. The molecule has 1 rings (SSSR count). The van der Waals surface area contributed by atoms with E-state index >= 15 is 0 Å². The van der Waals surface area contributed by atoms with E-state index in [0.29, 0.717) is 6.42 Å². The SMILES string of the molecule is CCCC(N)CC(=O)NC(CC)c1ncc[nH]1. The van der Waals surface area contributed by atoms with E-state index < -0.39 is 0 Å². The number of H-pyrrole nitrogens is 1. The number of nitrogens with zero attached hydrogens (tertiary/aromatic N) is 1. The normalized spacial score (nSPS) is 14.3. The van der Waals surface area contributed by atoms with E-state index in [1.165, 1.54) is 0 Å². The van der Waals surface area contributed by atoms with Gasteiger partial charge in [-0.1, -0.05) is 20.3 Å². The van der Waals surface area contributed by atoms with Crippen LogP contribution in [0.4, 0.5) is 0 Å². The van der Waals surface area contributed by atoms with Crippen molar-refractivity contribution in [1.29, 1.82) is 0 Å². The Hall–Kier alpha value is -1.36. The molecule has 2 unspecified atom stereocenters. The average molecular weight is 238 g/mol. The Kier molecular flexibility index (Phi) is 5.69. The van der Waals surface area contributed by atoms with Crippen molar-refractivity contribution in [2.45, 2.75) is 51.6 Å². The van der Waals surface area contributed by atoms with E-state index in [2.05, 4.69) is 22.2 Å². The third kappa shape index (κ3) is 4.56. The Balaban J connectivity index is 2.43. The van der Waals surface area contributed by atoms with Gasteiger partial charge < -0.3 is 16.0 Å². The molecule has 1 aromatic heterocycles. The van der Waals surface area contributed by atoms with E-state index in [1.54, 1.807) is 12.4 Å². The number of aromatic amines is 1. The zero-order valence-corrected chi connectivity index (χ0v) is 10.6. The van der Waals surface area contributed by atoms with Gasteiger partial charge in [0, 0.05) is 24.9 Å². The van der Waals surface area contributed by atoms with Crippen LogP contribution in [0, 0.1) is 0 Å². The zero-order valence-electron chi connectivity index (χ0n) is 10.6. The van der Waals surface area contributed by atoms with Crippen molar-refractivity contribution in [2.75, 3.05) is 0 Å². The molecular weight excluding hydrogens is 216 g/mol. The average Bonchev–Trinajstić information content (AvgIpc) is 2.79. The number of amides is 1. The van der Waals surface area contributed by atoms with Crippen molar-refractivity contribution < 1.29 is 4.79 Å². The fraction of sp³-hybridized carbons (Fsp3) is 0.667. The van der Waals surface area contributed by atoms with Crippen molar-refractivity contribution >= 4 is 5.91 Å². The molecule has 0 fully saturated rings. The molecule has 1 heterocycles. The highest BCUT2D eigenvalue weighted by molar-refractivity contribution is 5.76. The van der Waals surface area contributed by atoms with E-state index in [4.69, 9.17) is 5.73 Å². The van der Waals surface area contributed by atoms with Crippen molar-refractivity contribution in [1.82, 2.24) is 15.3 Å². The summed E-state index contributed by atoms with van der Waals surface area (Å²) in [6, 6.07) is -0.0968. The fourth-order valence-electron chi connectivity index (χ4n) is 1.80. The lowest BCUT2D eigenvalue weighted by atomic mass is 10.1. The minimum atomic E-state index is -0.0497. The third-order valence-electron chi connectivity index (χ3n) is 2.70. The standard InChI is InChI=1S/C12H22N4O/c1-3-5-9(13)8-11(17)16-10(4-2)12-14-6-7-15-12/h6-7,9-10H,3-5,8,13H2,1-2H3,(H,14,15)(H,16,17). The number of carbonyl (C=O) groups excluding carboxylic acids is 1. The Morgan fingerprint density at radius 3 is 2.88 bits per heavy atom. The van der Waals surface area contributed by atoms with Crippen molar-refractivity contribution in [2.24, 2.45) is 5.73 Å². The van der Waals surface area contributed by atoms with E-state index in [1.807, 2.05) is 6.92 Å². The van der Waals surface area contributed by atoms with Crippen LogP contribution in [0.25, 0.3) is 0 Å². The first-order valence-corrected chi connectivity index (χ1v) is 6.21. The summed E-state index contributed by atoms with van der Waals surface area (Å²) in [5, 5.41) is 2.95. The first-order chi connectivity index (χ1) is 8.17. The monoisotopic (exact) mass is 238 g/mol. The third-order valence-corrected chi connectivity index (χ3v) is 2.70. The van der Waals surface area contributed by atoms with Gasteiger partial charge in [0.15, 0.2) is 0 Å². The maximum absolute atomic E-state index is 11.8. The van der Waals surface area contributed by atoms with Crippen LogP contribution in [-0.4, -0.2) is 21.9 Å². The van der Waals surface area contributed by atoms with E-state index in [0.717, 1.165) is 25.1 Å². The lowest BCUT2D eigenvalue weighted by Gasteiger charge is -2.16. The van der Waals surface area contributed by atoms with Gasteiger partial charge in [-0.05, 0) is 12.8 Å². The Bertz CT molecular complexity index is 323. The molecule has 2 atom stereocenters. The number of hydrogen-bond acceptors (Lipinski definition) is 3. The number of rotatable bonds is 7. The highest BCUT2D eigenvalue weighted by atomic mass is 16.1. The number of aromatic nitrogens is 2. The van der Waals surface area contributed by atoms with Crippen LogP contribution >= 0.6 is 0 Å². The Morgan fingerprint density at radius 1 is 1.59 bits per heavy atom. The summed E-state index contributed by atoms with van der Waals surface area (Å²) in [6.07, 6.45) is 6.52. The van der Waals surface area contributed by atoms with Crippen LogP contribution < -0.4 is 11.1 Å². The van der Waals surface area contributed by atoms with Gasteiger partial charge in [-0.25, -0.2) is 4.98 Å². The topological polar surface area (TPSA) is 83.8 Å². The van der Waals surface area contributed by atoms with Crippen LogP contribution in [0.5, 0.6) is 0 Å². The predicted molar refractivity (Wildman–Crippen MR) is 67.3 cm³/mol. The second kappa shape index (κ2) is 7.06. The summed E-state index contributed by atoms with van der Waals surface area (Å²) in [7, 11) is 0. The number of imidazole rings is 1. The molecule has 0 saturated carbocycles. The van der Waals surface area contributed by atoms with Gasteiger partial charge in [0.05, 0.1) is 6.04 Å². The van der Waals surface area contributed by atoms with Crippen molar-refractivity contribution in [3.05, 3.63) is 18.2 Å². The molecule has 1 aromatic rings. The highest BCUT2D eigenvalue weighted by Crippen LogP contribution is 2.11. The summed E-state index contributed by atoms with van der Waals surface area (Å²) in [6.45, 7) is 4.08. The molecule has 1 amide bonds. The minimum absolute atomic E-state index is 0.00537. The Labute approximate surface area is 102 Å². The quantitative estimate of drug-likeness (QED) is 0.673. The molecule has 4 N–H and O–H groups in total. The van der Waals surface area contributed by atoms with E-state index in [9.17, 15) is 4.79 Å². The first kappa shape index (κ1) is 13.7. The molecule has 0 aliphatic heterocycles.